The van der Waals surface area contributed by atoms with E-state index >= 15 is 0 Å². The van der Waals surface area contributed by atoms with E-state index in [9.17, 15) is 4.39 Å². The molecular weight excluding hydrogens is 265 g/mol. The van der Waals surface area contributed by atoms with Gasteiger partial charge in [0.1, 0.15) is 0 Å². The van der Waals surface area contributed by atoms with Gasteiger partial charge in [0.15, 0.2) is 11.6 Å². The van der Waals surface area contributed by atoms with E-state index in [2.05, 4.69) is 43.4 Å². The molecule has 0 radical (unpaired) electrons. The number of methoxy groups -OCH3 is 1. The molecule has 0 aromatic heterocycles. The Morgan fingerprint density at radius 3 is 2.71 bits per heavy atom. The van der Waals surface area contributed by atoms with Crippen molar-refractivity contribution in [2.75, 3.05) is 13.7 Å². The van der Waals surface area contributed by atoms with Crippen LogP contribution in [0.15, 0.2) is 42.5 Å². The van der Waals surface area contributed by atoms with Crippen LogP contribution in [0, 0.1) is 12.7 Å². The van der Waals surface area contributed by atoms with E-state index < -0.39 is 0 Å². The normalized spacial score (nSPS) is 12.2. The van der Waals surface area contributed by atoms with Crippen LogP contribution in [0.5, 0.6) is 5.75 Å². The number of aryl methyl sites for hydroxylation is 1. The Morgan fingerprint density at radius 1 is 1.19 bits per heavy atom. The van der Waals surface area contributed by atoms with E-state index in [0.29, 0.717) is 5.75 Å². The van der Waals surface area contributed by atoms with Crippen molar-refractivity contribution in [2.24, 2.45) is 0 Å². The van der Waals surface area contributed by atoms with Crippen LogP contribution >= 0.6 is 0 Å². The molecule has 112 valence electrons. The van der Waals surface area contributed by atoms with Gasteiger partial charge in [0.2, 0.25) is 0 Å². The summed E-state index contributed by atoms with van der Waals surface area (Å²) < 4.78 is 18.4. The Labute approximate surface area is 126 Å². The molecule has 2 nitrogen and oxygen atoms in total. The van der Waals surface area contributed by atoms with Gasteiger partial charge in [-0.2, -0.15) is 0 Å². The van der Waals surface area contributed by atoms with Gasteiger partial charge in [-0.15, -0.1) is 0 Å². The Morgan fingerprint density at radius 2 is 2.00 bits per heavy atom. The average Bonchev–Trinajstić information content (AvgIpc) is 2.47. The maximum absolute atomic E-state index is 13.4. The molecule has 2 aromatic carbocycles. The lowest BCUT2D eigenvalue weighted by Crippen LogP contribution is -2.21. The van der Waals surface area contributed by atoms with Gasteiger partial charge in [-0.25, -0.2) is 4.39 Å². The molecule has 0 heterocycles. The second kappa shape index (κ2) is 7.23. The first-order valence-corrected chi connectivity index (χ1v) is 7.22. The fourth-order valence-corrected chi connectivity index (χ4v) is 2.36. The Kier molecular flexibility index (Phi) is 5.34. The molecule has 0 saturated carbocycles. The quantitative estimate of drug-likeness (QED) is 0.866. The van der Waals surface area contributed by atoms with Crippen LogP contribution in [-0.2, 0) is 6.42 Å². The van der Waals surface area contributed by atoms with Crippen molar-refractivity contribution in [2.45, 2.75) is 26.3 Å². The molecular formula is C18H22FNO. The summed E-state index contributed by atoms with van der Waals surface area (Å²) >= 11 is 0. The SMILES string of the molecule is COc1cc(C(C)NCCc2cccc(C)c2)ccc1F. The Bertz CT molecular complexity index is 598. The highest BCUT2D eigenvalue weighted by Crippen LogP contribution is 2.22. The van der Waals surface area contributed by atoms with E-state index in [-0.39, 0.29) is 11.9 Å². The summed E-state index contributed by atoms with van der Waals surface area (Å²) in [5.74, 6) is -0.0342. The molecule has 1 atom stereocenters. The van der Waals surface area contributed by atoms with Crippen molar-refractivity contribution in [3.8, 4) is 5.75 Å². The fourth-order valence-electron chi connectivity index (χ4n) is 2.36. The van der Waals surface area contributed by atoms with Gasteiger partial charge >= 0.3 is 0 Å². The maximum Gasteiger partial charge on any atom is 0.165 e. The molecule has 0 bridgehead atoms. The van der Waals surface area contributed by atoms with Gasteiger partial charge in [0, 0.05) is 6.04 Å². The summed E-state index contributed by atoms with van der Waals surface area (Å²) in [5, 5.41) is 3.46. The lowest BCUT2D eigenvalue weighted by molar-refractivity contribution is 0.385. The number of ether oxygens (including phenoxy) is 1. The van der Waals surface area contributed by atoms with Crippen LogP contribution in [0.25, 0.3) is 0 Å². The first-order chi connectivity index (χ1) is 10.1. The molecule has 0 aliphatic carbocycles. The minimum absolute atomic E-state index is 0.157. The van der Waals surface area contributed by atoms with Crippen LogP contribution in [-0.4, -0.2) is 13.7 Å². The second-order valence-electron chi connectivity index (χ2n) is 5.31. The standard InChI is InChI=1S/C18H22FNO/c1-13-5-4-6-15(11-13)9-10-20-14(2)16-7-8-17(19)18(12-16)21-3/h4-8,11-12,14,20H,9-10H2,1-3H3. The third-order valence-electron chi connectivity index (χ3n) is 3.62. The number of nitrogens with one attached hydrogen (secondary N) is 1. The van der Waals surface area contributed by atoms with Gasteiger partial charge in [0.25, 0.3) is 0 Å². The van der Waals surface area contributed by atoms with E-state index in [1.165, 1.54) is 24.3 Å². The van der Waals surface area contributed by atoms with E-state index in [0.717, 1.165) is 18.5 Å². The molecule has 1 unspecified atom stereocenters. The highest BCUT2D eigenvalue weighted by atomic mass is 19.1. The van der Waals surface area contributed by atoms with Gasteiger partial charge in [-0.3, -0.25) is 0 Å². The summed E-state index contributed by atoms with van der Waals surface area (Å²) in [4.78, 5) is 0. The monoisotopic (exact) mass is 287 g/mol. The molecule has 3 heteroatoms. The smallest absolute Gasteiger partial charge is 0.165 e. The first kappa shape index (κ1) is 15.5. The third kappa shape index (κ3) is 4.30. The zero-order valence-corrected chi connectivity index (χ0v) is 12.8. The number of halogens is 1. The number of hydrogen-bond acceptors (Lipinski definition) is 2. The first-order valence-electron chi connectivity index (χ1n) is 7.22. The third-order valence-corrected chi connectivity index (χ3v) is 3.62. The zero-order chi connectivity index (χ0) is 15.2. The minimum atomic E-state index is -0.326. The molecule has 0 fully saturated rings. The van der Waals surface area contributed by atoms with Gasteiger partial charge < -0.3 is 10.1 Å². The second-order valence-corrected chi connectivity index (χ2v) is 5.31. The zero-order valence-electron chi connectivity index (χ0n) is 12.8. The van der Waals surface area contributed by atoms with Crippen LogP contribution in [0.4, 0.5) is 4.39 Å². The highest BCUT2D eigenvalue weighted by Gasteiger charge is 2.09. The van der Waals surface area contributed by atoms with Crippen molar-refractivity contribution in [3.63, 3.8) is 0 Å². The minimum Gasteiger partial charge on any atom is -0.494 e. The fraction of sp³-hybridized carbons (Fsp3) is 0.333. The van der Waals surface area contributed by atoms with Crippen molar-refractivity contribution < 1.29 is 9.13 Å². The Hall–Kier alpha value is -1.87. The van der Waals surface area contributed by atoms with Crippen LogP contribution in [0.2, 0.25) is 0 Å². The topological polar surface area (TPSA) is 21.3 Å². The van der Waals surface area contributed by atoms with Gasteiger partial charge in [0.05, 0.1) is 7.11 Å². The van der Waals surface area contributed by atoms with Crippen LogP contribution in [0.3, 0.4) is 0 Å². The predicted octanol–water partition coefficient (Wildman–Crippen LogP) is 4.04. The Balaban J connectivity index is 1.91. The number of benzene rings is 2. The lowest BCUT2D eigenvalue weighted by atomic mass is 10.1. The summed E-state index contributed by atoms with van der Waals surface area (Å²) in [5.41, 5.74) is 3.63. The van der Waals surface area contributed by atoms with Gasteiger partial charge in [-0.1, -0.05) is 35.9 Å². The van der Waals surface area contributed by atoms with E-state index in [1.54, 1.807) is 12.1 Å². The molecule has 0 aliphatic rings. The molecule has 0 spiro atoms. The number of hydrogen-bond donors (Lipinski definition) is 1. The van der Waals surface area contributed by atoms with Crippen molar-refractivity contribution >= 4 is 0 Å². The number of rotatable bonds is 6. The highest BCUT2D eigenvalue weighted by molar-refractivity contribution is 5.32. The molecule has 1 N–H and O–H groups in total. The molecule has 0 saturated heterocycles. The average molecular weight is 287 g/mol. The van der Waals surface area contributed by atoms with E-state index in [4.69, 9.17) is 4.74 Å². The van der Waals surface area contributed by atoms with Crippen molar-refractivity contribution in [3.05, 3.63) is 65.0 Å². The molecule has 21 heavy (non-hydrogen) atoms. The van der Waals surface area contributed by atoms with Crippen molar-refractivity contribution in [1.82, 2.24) is 5.32 Å². The largest absolute Gasteiger partial charge is 0.494 e. The molecule has 0 aliphatic heterocycles. The summed E-state index contributed by atoms with van der Waals surface area (Å²) in [6.45, 7) is 5.05. The van der Waals surface area contributed by atoms with Crippen LogP contribution < -0.4 is 10.1 Å². The van der Waals surface area contributed by atoms with Crippen LogP contribution in [0.1, 0.15) is 29.7 Å². The lowest BCUT2D eigenvalue weighted by Gasteiger charge is -2.15. The summed E-state index contributed by atoms with van der Waals surface area (Å²) in [6.07, 6.45) is 0.977. The maximum atomic E-state index is 13.4. The summed E-state index contributed by atoms with van der Waals surface area (Å²) in [6, 6.07) is 13.7. The van der Waals surface area contributed by atoms with Gasteiger partial charge in [-0.05, 0) is 50.1 Å². The molecule has 2 rings (SSSR count). The summed E-state index contributed by atoms with van der Waals surface area (Å²) in [7, 11) is 1.48. The van der Waals surface area contributed by atoms with Crippen molar-refractivity contribution in [1.29, 1.82) is 0 Å². The molecule has 0 amide bonds. The molecule has 2 aromatic rings. The van der Waals surface area contributed by atoms with E-state index in [1.807, 2.05) is 0 Å². The predicted molar refractivity (Wildman–Crippen MR) is 84.3 cm³/mol.